The van der Waals surface area contributed by atoms with Crippen LogP contribution in [0.3, 0.4) is 0 Å². The van der Waals surface area contributed by atoms with Crippen LogP contribution in [0.4, 0.5) is 33.3 Å². The molecule has 34 heavy (non-hydrogen) atoms. The average Bonchev–Trinajstić information content (AvgIpc) is 2.73. The Morgan fingerprint density at radius 3 is 2.00 bits per heavy atom. The van der Waals surface area contributed by atoms with Crippen LogP contribution >= 0.6 is 23.2 Å². The number of benzene rings is 3. The van der Waals surface area contributed by atoms with Crippen molar-refractivity contribution in [1.82, 2.24) is 0 Å². The third kappa shape index (κ3) is 6.68. The van der Waals surface area contributed by atoms with Gasteiger partial charge in [0.05, 0.1) is 11.5 Å². The number of nitrogens with one attached hydrogen (secondary N) is 2. The van der Waals surface area contributed by atoms with Crippen molar-refractivity contribution in [3.63, 3.8) is 0 Å². The first-order chi connectivity index (χ1) is 15.9. The number of alkyl halides is 3. The lowest BCUT2D eigenvalue weighted by atomic mass is 9.94. The van der Waals surface area contributed by atoms with E-state index in [0.717, 1.165) is 42.5 Å². The van der Waals surface area contributed by atoms with E-state index in [4.69, 9.17) is 23.2 Å². The van der Waals surface area contributed by atoms with E-state index in [0.29, 0.717) is 0 Å². The van der Waals surface area contributed by atoms with Gasteiger partial charge in [0.15, 0.2) is 0 Å². The minimum atomic E-state index is -4.78. The molecule has 3 aromatic carbocycles. The molecule has 3 aromatic rings. The van der Waals surface area contributed by atoms with Gasteiger partial charge >= 0.3 is 6.18 Å². The van der Waals surface area contributed by atoms with Gasteiger partial charge in [-0.1, -0.05) is 23.2 Å². The number of carbonyl (C=O) groups excluding carboxylic acids is 2. The molecule has 0 fully saturated rings. The summed E-state index contributed by atoms with van der Waals surface area (Å²) in [6.07, 6.45) is -5.79. The molecule has 0 bridgehead atoms. The lowest BCUT2D eigenvalue weighted by Gasteiger charge is -2.21. The maximum atomic E-state index is 14.2. The zero-order valence-corrected chi connectivity index (χ0v) is 18.5. The molecule has 0 saturated carbocycles. The van der Waals surface area contributed by atoms with E-state index in [2.05, 4.69) is 10.6 Å². The van der Waals surface area contributed by atoms with Crippen molar-refractivity contribution >= 4 is 46.4 Å². The number of hydrogen-bond acceptors (Lipinski definition) is 2. The lowest BCUT2D eigenvalue weighted by molar-refractivity contribution is -0.155. The lowest BCUT2D eigenvalue weighted by Crippen LogP contribution is -2.26. The molecule has 178 valence electrons. The zero-order chi connectivity index (χ0) is 25.0. The first kappa shape index (κ1) is 25.5. The molecule has 2 N–H and O–H groups in total. The second kappa shape index (κ2) is 10.4. The third-order valence-corrected chi connectivity index (χ3v) is 5.11. The van der Waals surface area contributed by atoms with Crippen molar-refractivity contribution in [1.29, 1.82) is 0 Å². The van der Waals surface area contributed by atoms with Gasteiger partial charge in [-0.2, -0.15) is 13.2 Å². The molecule has 0 aliphatic heterocycles. The largest absolute Gasteiger partial charge is 0.396 e. The summed E-state index contributed by atoms with van der Waals surface area (Å²) in [7, 11) is 0. The summed E-state index contributed by atoms with van der Waals surface area (Å²) in [6, 6.07) is 11.0. The fourth-order valence-electron chi connectivity index (χ4n) is 3.11. The minimum absolute atomic E-state index is 0.0208. The predicted octanol–water partition coefficient (Wildman–Crippen LogP) is 7.20. The first-order valence-electron chi connectivity index (χ1n) is 9.61. The SMILES string of the molecule is O=C(CC(c1cc(Cl)cc(Cl)c1)C(F)(F)F)Nc1ccc(F)c(C(=O)Nc2ccc(F)cc2)c1. The van der Waals surface area contributed by atoms with Crippen LogP contribution in [0.2, 0.25) is 10.0 Å². The Morgan fingerprint density at radius 1 is 0.824 bits per heavy atom. The van der Waals surface area contributed by atoms with Gasteiger partial charge in [-0.15, -0.1) is 0 Å². The van der Waals surface area contributed by atoms with Crippen LogP contribution < -0.4 is 10.6 Å². The van der Waals surface area contributed by atoms with E-state index < -0.39 is 47.5 Å². The number of halogens is 7. The van der Waals surface area contributed by atoms with Gasteiger partial charge in [0.1, 0.15) is 11.6 Å². The molecule has 1 unspecified atom stereocenters. The second-order valence-corrected chi connectivity index (χ2v) is 8.08. The highest BCUT2D eigenvalue weighted by atomic mass is 35.5. The van der Waals surface area contributed by atoms with E-state index in [-0.39, 0.29) is 27.0 Å². The van der Waals surface area contributed by atoms with Crippen LogP contribution in [0.25, 0.3) is 0 Å². The van der Waals surface area contributed by atoms with E-state index in [1.54, 1.807) is 0 Å². The fraction of sp³-hybridized carbons (Fsp3) is 0.130. The predicted molar refractivity (Wildman–Crippen MR) is 119 cm³/mol. The summed E-state index contributed by atoms with van der Waals surface area (Å²) in [6.45, 7) is 0. The molecule has 2 amide bonds. The van der Waals surface area contributed by atoms with Gasteiger partial charge in [0.2, 0.25) is 5.91 Å². The Hall–Kier alpha value is -3.17. The molecule has 1 atom stereocenters. The van der Waals surface area contributed by atoms with Crippen LogP contribution in [0.15, 0.2) is 60.7 Å². The van der Waals surface area contributed by atoms with E-state index in [9.17, 15) is 31.5 Å². The van der Waals surface area contributed by atoms with Gasteiger partial charge in [0.25, 0.3) is 5.91 Å². The average molecular weight is 517 g/mol. The van der Waals surface area contributed by atoms with Crippen LogP contribution in [0, 0.1) is 11.6 Å². The van der Waals surface area contributed by atoms with Crippen LogP contribution in [-0.4, -0.2) is 18.0 Å². The number of anilines is 2. The van der Waals surface area contributed by atoms with Gasteiger partial charge in [0, 0.05) is 27.8 Å². The minimum Gasteiger partial charge on any atom is -0.326 e. The fourth-order valence-corrected chi connectivity index (χ4v) is 3.65. The molecular weight excluding hydrogens is 502 g/mol. The second-order valence-electron chi connectivity index (χ2n) is 7.20. The number of amides is 2. The zero-order valence-electron chi connectivity index (χ0n) is 17.0. The monoisotopic (exact) mass is 516 g/mol. The molecule has 0 saturated heterocycles. The molecule has 0 spiro atoms. The Labute approximate surface area is 200 Å². The van der Waals surface area contributed by atoms with Crippen molar-refractivity contribution in [3.8, 4) is 0 Å². The molecule has 0 heterocycles. The van der Waals surface area contributed by atoms with Gasteiger partial charge in [-0.3, -0.25) is 9.59 Å². The highest BCUT2D eigenvalue weighted by Gasteiger charge is 2.42. The summed E-state index contributed by atoms with van der Waals surface area (Å²) in [5, 5.41) is 4.55. The standard InChI is InChI=1S/C23H15Cl2F5N2O2/c24-13-7-12(8-14(25)9-13)19(23(28,29)30)11-21(33)31-17-5-6-20(27)18(10-17)22(34)32-16-3-1-15(26)2-4-16/h1-10,19H,11H2,(H,31,33)(H,32,34). The highest BCUT2D eigenvalue weighted by Crippen LogP contribution is 2.39. The van der Waals surface area contributed by atoms with Crippen molar-refractivity contribution < 1.29 is 31.5 Å². The number of rotatable bonds is 6. The van der Waals surface area contributed by atoms with Crippen LogP contribution in [0.5, 0.6) is 0 Å². The molecule has 3 rings (SSSR count). The van der Waals surface area contributed by atoms with Crippen molar-refractivity contribution in [2.75, 3.05) is 10.6 Å². The normalized spacial score (nSPS) is 12.2. The van der Waals surface area contributed by atoms with Crippen molar-refractivity contribution in [2.24, 2.45) is 0 Å². The molecule has 0 aromatic heterocycles. The van der Waals surface area contributed by atoms with Gasteiger partial charge < -0.3 is 10.6 Å². The smallest absolute Gasteiger partial charge is 0.326 e. The highest BCUT2D eigenvalue weighted by molar-refractivity contribution is 6.34. The maximum absolute atomic E-state index is 14.2. The third-order valence-electron chi connectivity index (χ3n) is 4.67. The Kier molecular flexibility index (Phi) is 7.78. The van der Waals surface area contributed by atoms with Crippen molar-refractivity contribution in [2.45, 2.75) is 18.5 Å². The summed E-state index contributed by atoms with van der Waals surface area (Å²) in [5.74, 6) is -5.60. The summed E-state index contributed by atoms with van der Waals surface area (Å²) in [4.78, 5) is 24.8. The Bertz CT molecular complexity index is 1200. The molecule has 0 radical (unpaired) electrons. The Balaban J connectivity index is 1.77. The van der Waals surface area contributed by atoms with Gasteiger partial charge in [-0.05, 0) is 66.2 Å². The molecule has 4 nitrogen and oxygen atoms in total. The molecule has 0 aliphatic rings. The van der Waals surface area contributed by atoms with E-state index in [1.165, 1.54) is 18.2 Å². The summed E-state index contributed by atoms with van der Waals surface area (Å²) in [5.41, 5.74) is -0.677. The number of carbonyl (C=O) groups is 2. The van der Waals surface area contributed by atoms with E-state index in [1.807, 2.05) is 0 Å². The maximum Gasteiger partial charge on any atom is 0.396 e. The summed E-state index contributed by atoms with van der Waals surface area (Å²) < 4.78 is 68.1. The first-order valence-corrected chi connectivity index (χ1v) is 10.4. The van der Waals surface area contributed by atoms with Crippen molar-refractivity contribution in [3.05, 3.63) is 93.5 Å². The molecule has 0 aliphatic carbocycles. The quantitative estimate of drug-likeness (QED) is 0.340. The van der Waals surface area contributed by atoms with Crippen LogP contribution in [0.1, 0.15) is 28.3 Å². The van der Waals surface area contributed by atoms with Crippen LogP contribution in [-0.2, 0) is 4.79 Å². The Morgan fingerprint density at radius 2 is 1.41 bits per heavy atom. The molecular formula is C23H15Cl2F5N2O2. The van der Waals surface area contributed by atoms with E-state index >= 15 is 0 Å². The summed E-state index contributed by atoms with van der Waals surface area (Å²) >= 11 is 11.6. The van der Waals surface area contributed by atoms with Gasteiger partial charge in [-0.25, -0.2) is 8.78 Å². The topological polar surface area (TPSA) is 58.2 Å². The number of hydrogen-bond donors (Lipinski definition) is 2. The molecule has 11 heteroatoms.